The molecule has 0 aliphatic rings. The lowest BCUT2D eigenvalue weighted by molar-refractivity contribution is 0.425. The van der Waals surface area contributed by atoms with Gasteiger partial charge in [0.1, 0.15) is 0 Å². The van der Waals surface area contributed by atoms with Crippen molar-refractivity contribution in [3.8, 4) is 11.6 Å². The highest BCUT2D eigenvalue weighted by Gasteiger charge is 2.09. The molecule has 3 rings (SSSR count). The molecule has 4 heteroatoms. The van der Waals surface area contributed by atoms with Crippen LogP contribution in [0.4, 0.5) is 0 Å². The second kappa shape index (κ2) is 3.73. The smallest absolute Gasteiger partial charge is 0.202 e. The van der Waals surface area contributed by atoms with Gasteiger partial charge in [0.25, 0.3) is 0 Å². The molecule has 2 heterocycles. The Morgan fingerprint density at radius 2 is 2.18 bits per heavy atom. The zero-order valence-electron chi connectivity index (χ0n) is 9.82. The summed E-state index contributed by atoms with van der Waals surface area (Å²) in [5, 5.41) is 3.86. The van der Waals surface area contributed by atoms with Crippen molar-refractivity contribution in [2.75, 3.05) is 0 Å². The molecule has 0 aliphatic carbocycles. The van der Waals surface area contributed by atoms with E-state index >= 15 is 0 Å². The molecular weight excluding hydrogens is 214 g/mol. The van der Waals surface area contributed by atoms with E-state index in [1.165, 1.54) is 5.56 Å². The fraction of sp³-hybridized carbons (Fsp3) is 0.231. The Bertz CT molecular complexity index is 666. The van der Waals surface area contributed by atoms with E-state index in [1.807, 2.05) is 19.1 Å². The van der Waals surface area contributed by atoms with E-state index in [-0.39, 0.29) is 0 Å². The minimum Gasteiger partial charge on any atom is -0.353 e. The summed E-state index contributed by atoms with van der Waals surface area (Å²) in [5.74, 6) is 1.41. The van der Waals surface area contributed by atoms with Gasteiger partial charge in [-0.05, 0) is 31.0 Å². The number of benzene rings is 1. The van der Waals surface area contributed by atoms with E-state index in [0.717, 1.165) is 29.0 Å². The largest absolute Gasteiger partial charge is 0.353 e. The number of hydrogen-bond donors (Lipinski definition) is 1. The number of aryl methyl sites for hydroxylation is 2. The minimum absolute atomic E-state index is 0.678. The van der Waals surface area contributed by atoms with Gasteiger partial charge in [-0.15, -0.1) is 0 Å². The molecule has 17 heavy (non-hydrogen) atoms. The number of nitrogens with zero attached hydrogens (tertiary/aromatic N) is 2. The number of aromatic nitrogens is 3. The molecule has 0 atom stereocenters. The zero-order chi connectivity index (χ0) is 11.8. The van der Waals surface area contributed by atoms with Gasteiger partial charge in [0.2, 0.25) is 5.76 Å². The quantitative estimate of drug-likeness (QED) is 0.731. The average molecular weight is 227 g/mol. The van der Waals surface area contributed by atoms with Gasteiger partial charge in [-0.2, -0.15) is 0 Å². The van der Waals surface area contributed by atoms with Gasteiger partial charge < -0.3 is 9.51 Å². The summed E-state index contributed by atoms with van der Waals surface area (Å²) < 4.78 is 5.19. The lowest BCUT2D eigenvalue weighted by atomic mass is 10.1. The minimum atomic E-state index is 0.678. The molecule has 0 saturated carbocycles. The molecule has 2 aromatic heterocycles. The Morgan fingerprint density at radius 1 is 1.29 bits per heavy atom. The lowest BCUT2D eigenvalue weighted by Crippen LogP contribution is -1.78. The predicted molar refractivity (Wildman–Crippen MR) is 65.7 cm³/mol. The molecule has 1 N–H and O–H groups in total. The van der Waals surface area contributed by atoms with Gasteiger partial charge in [0.15, 0.2) is 5.82 Å². The molecule has 0 unspecified atom stereocenters. The number of aromatic amines is 1. The van der Waals surface area contributed by atoms with Gasteiger partial charge in [-0.25, -0.2) is 4.98 Å². The third-order valence-electron chi connectivity index (χ3n) is 2.82. The third kappa shape index (κ3) is 1.71. The molecule has 3 aromatic rings. The number of hydrogen-bond acceptors (Lipinski definition) is 3. The van der Waals surface area contributed by atoms with E-state index in [9.17, 15) is 0 Å². The van der Waals surface area contributed by atoms with Crippen molar-refractivity contribution in [1.82, 2.24) is 15.1 Å². The summed E-state index contributed by atoms with van der Waals surface area (Å²) in [4.78, 5) is 7.74. The standard InChI is InChI=1S/C13H13N3O/c1-3-9-4-5-10-11(7-9)15-13(14-10)12-6-8(2)16-17-12/h4-7H,3H2,1-2H3,(H,14,15). The molecule has 0 radical (unpaired) electrons. The Balaban J connectivity index is 2.13. The Labute approximate surface area is 98.7 Å². The van der Waals surface area contributed by atoms with Crippen molar-refractivity contribution < 1.29 is 4.52 Å². The second-order valence-electron chi connectivity index (χ2n) is 4.12. The van der Waals surface area contributed by atoms with Crippen molar-refractivity contribution in [3.63, 3.8) is 0 Å². The highest BCUT2D eigenvalue weighted by atomic mass is 16.5. The third-order valence-corrected chi connectivity index (χ3v) is 2.82. The number of imidazole rings is 1. The van der Waals surface area contributed by atoms with Crippen molar-refractivity contribution >= 4 is 11.0 Å². The second-order valence-corrected chi connectivity index (χ2v) is 4.12. The topological polar surface area (TPSA) is 54.7 Å². The molecule has 0 saturated heterocycles. The summed E-state index contributed by atoms with van der Waals surface area (Å²) in [5.41, 5.74) is 4.14. The Kier molecular flexibility index (Phi) is 2.21. The van der Waals surface area contributed by atoms with Crippen LogP contribution >= 0.6 is 0 Å². The maximum atomic E-state index is 5.19. The Hall–Kier alpha value is -2.10. The number of rotatable bonds is 2. The van der Waals surface area contributed by atoms with Crippen LogP contribution in [0, 0.1) is 6.92 Å². The van der Waals surface area contributed by atoms with Crippen LogP contribution in [0.2, 0.25) is 0 Å². The van der Waals surface area contributed by atoms with E-state index in [1.54, 1.807) is 0 Å². The Morgan fingerprint density at radius 3 is 2.88 bits per heavy atom. The van der Waals surface area contributed by atoms with E-state index in [0.29, 0.717) is 5.76 Å². The summed E-state index contributed by atoms with van der Waals surface area (Å²) in [6, 6.07) is 8.11. The molecule has 0 fully saturated rings. The van der Waals surface area contributed by atoms with Gasteiger partial charge >= 0.3 is 0 Å². The van der Waals surface area contributed by atoms with Crippen LogP contribution in [0.15, 0.2) is 28.8 Å². The van der Waals surface area contributed by atoms with Crippen LogP contribution in [0.1, 0.15) is 18.2 Å². The van der Waals surface area contributed by atoms with E-state index < -0.39 is 0 Å². The van der Waals surface area contributed by atoms with E-state index in [2.05, 4.69) is 34.2 Å². The molecular formula is C13H13N3O. The normalized spacial score (nSPS) is 11.2. The highest BCUT2D eigenvalue weighted by Crippen LogP contribution is 2.21. The first-order valence-electron chi connectivity index (χ1n) is 5.68. The molecule has 0 aliphatic heterocycles. The molecule has 4 nitrogen and oxygen atoms in total. The van der Waals surface area contributed by atoms with Crippen LogP contribution in [0.25, 0.3) is 22.6 Å². The molecule has 86 valence electrons. The average Bonchev–Trinajstić information content (AvgIpc) is 2.93. The summed E-state index contributed by atoms with van der Waals surface area (Å²) in [7, 11) is 0. The van der Waals surface area contributed by atoms with Gasteiger partial charge in [0.05, 0.1) is 16.7 Å². The summed E-state index contributed by atoms with van der Waals surface area (Å²) in [6.45, 7) is 4.03. The fourth-order valence-corrected chi connectivity index (χ4v) is 1.87. The van der Waals surface area contributed by atoms with Gasteiger partial charge in [-0.3, -0.25) is 0 Å². The first-order chi connectivity index (χ1) is 8.26. The monoisotopic (exact) mass is 227 g/mol. The molecule has 0 spiro atoms. The number of fused-ring (bicyclic) bond motifs is 1. The first-order valence-corrected chi connectivity index (χ1v) is 5.68. The fourth-order valence-electron chi connectivity index (χ4n) is 1.87. The van der Waals surface area contributed by atoms with Crippen molar-refractivity contribution in [2.24, 2.45) is 0 Å². The zero-order valence-corrected chi connectivity index (χ0v) is 9.82. The highest BCUT2D eigenvalue weighted by molar-refractivity contribution is 5.79. The van der Waals surface area contributed by atoms with E-state index in [4.69, 9.17) is 4.52 Å². The molecule has 1 aromatic carbocycles. The van der Waals surface area contributed by atoms with Crippen LogP contribution < -0.4 is 0 Å². The predicted octanol–water partition coefficient (Wildman–Crippen LogP) is 3.09. The lowest BCUT2D eigenvalue weighted by Gasteiger charge is -1.93. The summed E-state index contributed by atoms with van der Waals surface area (Å²) in [6.07, 6.45) is 1.02. The maximum absolute atomic E-state index is 5.19. The molecule has 0 bridgehead atoms. The van der Waals surface area contributed by atoms with Crippen LogP contribution in [0.5, 0.6) is 0 Å². The SMILES string of the molecule is CCc1ccc2nc(-c3cc(C)no3)[nH]c2c1. The van der Waals surface area contributed by atoms with Crippen LogP contribution in [-0.4, -0.2) is 15.1 Å². The van der Waals surface area contributed by atoms with Crippen LogP contribution in [0.3, 0.4) is 0 Å². The first kappa shape index (κ1) is 10.1. The number of H-pyrrole nitrogens is 1. The van der Waals surface area contributed by atoms with Crippen molar-refractivity contribution in [1.29, 1.82) is 0 Å². The van der Waals surface area contributed by atoms with Gasteiger partial charge in [-0.1, -0.05) is 18.1 Å². The van der Waals surface area contributed by atoms with Crippen molar-refractivity contribution in [2.45, 2.75) is 20.3 Å². The number of nitrogens with one attached hydrogen (secondary N) is 1. The van der Waals surface area contributed by atoms with Crippen LogP contribution in [-0.2, 0) is 6.42 Å². The van der Waals surface area contributed by atoms with Crippen molar-refractivity contribution in [3.05, 3.63) is 35.5 Å². The summed E-state index contributed by atoms with van der Waals surface area (Å²) >= 11 is 0. The maximum Gasteiger partial charge on any atom is 0.202 e. The molecule has 0 amide bonds. The van der Waals surface area contributed by atoms with Gasteiger partial charge in [0, 0.05) is 6.07 Å².